The minimum Gasteiger partial charge on any atom is -0.436 e. The molecule has 4 rings (SSSR count). The van der Waals surface area contributed by atoms with Gasteiger partial charge in [0.2, 0.25) is 11.8 Å². The number of aryl methyl sites for hydroxylation is 1. The van der Waals surface area contributed by atoms with Gasteiger partial charge in [0.15, 0.2) is 5.58 Å². The average molecular weight is 389 g/mol. The molecule has 138 valence electrons. The van der Waals surface area contributed by atoms with Crippen molar-refractivity contribution >= 4 is 40.4 Å². The zero-order valence-electron chi connectivity index (χ0n) is 15.1. The molecule has 0 spiro atoms. The standard InChI is InChI=1S/C23H17ClN2O2/c1-15-6-8-16(9-7-15)10-13-22(27)25-17-11-12-20-21(14-17)28-23(26-20)18-4-2-3-5-19(18)24/h2-14H,1H3,(H,25,27)/b13-10+. The maximum atomic E-state index is 12.2. The van der Waals surface area contributed by atoms with Crippen LogP contribution in [0.25, 0.3) is 28.6 Å². The zero-order valence-corrected chi connectivity index (χ0v) is 15.9. The van der Waals surface area contributed by atoms with E-state index in [9.17, 15) is 4.79 Å². The maximum absolute atomic E-state index is 12.2. The number of fused-ring (bicyclic) bond motifs is 1. The van der Waals surface area contributed by atoms with Crippen LogP contribution in [0.15, 0.2) is 77.2 Å². The average Bonchev–Trinajstić information content (AvgIpc) is 3.11. The number of aromatic nitrogens is 1. The molecule has 0 saturated heterocycles. The Hall–Kier alpha value is -3.37. The first-order chi connectivity index (χ1) is 13.6. The van der Waals surface area contributed by atoms with Crippen molar-refractivity contribution in [1.29, 1.82) is 0 Å². The van der Waals surface area contributed by atoms with Crippen LogP contribution in [0.2, 0.25) is 5.02 Å². The minimum atomic E-state index is -0.217. The smallest absolute Gasteiger partial charge is 0.248 e. The van der Waals surface area contributed by atoms with Crippen LogP contribution in [-0.4, -0.2) is 10.9 Å². The van der Waals surface area contributed by atoms with Crippen molar-refractivity contribution < 1.29 is 9.21 Å². The first-order valence-electron chi connectivity index (χ1n) is 8.80. The molecular formula is C23H17ClN2O2. The number of carbonyl (C=O) groups excluding carboxylic acids is 1. The highest BCUT2D eigenvalue weighted by molar-refractivity contribution is 6.33. The number of nitrogens with zero attached hydrogens (tertiary/aromatic N) is 1. The molecule has 4 aromatic rings. The predicted molar refractivity (Wildman–Crippen MR) is 113 cm³/mol. The number of hydrogen-bond donors (Lipinski definition) is 1. The Balaban J connectivity index is 1.52. The molecule has 0 aliphatic rings. The summed E-state index contributed by atoms with van der Waals surface area (Å²) in [5.74, 6) is 0.231. The molecule has 0 radical (unpaired) electrons. The van der Waals surface area contributed by atoms with Crippen LogP contribution in [-0.2, 0) is 4.79 Å². The Morgan fingerprint density at radius 1 is 1.07 bits per heavy atom. The maximum Gasteiger partial charge on any atom is 0.248 e. The van der Waals surface area contributed by atoms with E-state index >= 15 is 0 Å². The fourth-order valence-electron chi connectivity index (χ4n) is 2.79. The Labute approximate surface area is 167 Å². The number of oxazole rings is 1. The Morgan fingerprint density at radius 3 is 2.64 bits per heavy atom. The summed E-state index contributed by atoms with van der Waals surface area (Å²) in [5, 5.41) is 3.41. The first kappa shape index (κ1) is 18.0. The molecule has 0 aliphatic carbocycles. The van der Waals surface area contributed by atoms with Crippen LogP contribution in [0, 0.1) is 6.92 Å². The van der Waals surface area contributed by atoms with E-state index in [2.05, 4.69) is 10.3 Å². The molecule has 1 heterocycles. The molecule has 3 aromatic carbocycles. The van der Waals surface area contributed by atoms with Gasteiger partial charge in [0, 0.05) is 17.8 Å². The van der Waals surface area contributed by atoms with E-state index in [1.807, 2.05) is 49.4 Å². The number of benzene rings is 3. The normalized spacial score (nSPS) is 11.2. The first-order valence-corrected chi connectivity index (χ1v) is 9.17. The largest absolute Gasteiger partial charge is 0.436 e. The molecule has 0 aliphatic heterocycles. The van der Waals surface area contributed by atoms with Gasteiger partial charge in [-0.05, 0) is 42.8 Å². The summed E-state index contributed by atoms with van der Waals surface area (Å²) in [6, 6.07) is 20.7. The molecule has 4 nitrogen and oxygen atoms in total. The van der Waals surface area contributed by atoms with Crippen LogP contribution >= 0.6 is 11.6 Å². The summed E-state index contributed by atoms with van der Waals surface area (Å²) in [5.41, 5.74) is 4.78. The van der Waals surface area contributed by atoms with Gasteiger partial charge in [0.25, 0.3) is 0 Å². The van der Waals surface area contributed by atoms with Gasteiger partial charge in [-0.1, -0.05) is 53.6 Å². The second-order valence-corrected chi connectivity index (χ2v) is 6.82. The van der Waals surface area contributed by atoms with Crippen molar-refractivity contribution in [2.24, 2.45) is 0 Å². The summed E-state index contributed by atoms with van der Waals surface area (Å²) < 4.78 is 5.83. The van der Waals surface area contributed by atoms with E-state index in [0.717, 1.165) is 11.1 Å². The third kappa shape index (κ3) is 3.97. The number of amides is 1. The van der Waals surface area contributed by atoms with E-state index in [1.54, 1.807) is 30.3 Å². The molecule has 28 heavy (non-hydrogen) atoms. The van der Waals surface area contributed by atoms with Gasteiger partial charge in [-0.2, -0.15) is 0 Å². The van der Waals surface area contributed by atoms with Gasteiger partial charge < -0.3 is 9.73 Å². The number of anilines is 1. The van der Waals surface area contributed by atoms with Gasteiger partial charge in [-0.15, -0.1) is 0 Å². The molecule has 1 amide bonds. The lowest BCUT2D eigenvalue weighted by molar-refractivity contribution is -0.111. The fraction of sp³-hybridized carbons (Fsp3) is 0.0435. The van der Waals surface area contributed by atoms with Gasteiger partial charge in [0.05, 0.1) is 10.6 Å². The highest BCUT2D eigenvalue weighted by Gasteiger charge is 2.11. The summed E-state index contributed by atoms with van der Waals surface area (Å²) in [6.07, 6.45) is 3.28. The molecule has 0 bridgehead atoms. The van der Waals surface area contributed by atoms with Gasteiger partial charge in [0.1, 0.15) is 5.52 Å². The summed E-state index contributed by atoms with van der Waals surface area (Å²) in [4.78, 5) is 16.7. The SMILES string of the molecule is Cc1ccc(/C=C/C(=O)Nc2ccc3nc(-c4ccccc4Cl)oc3c2)cc1. The van der Waals surface area contributed by atoms with Crippen LogP contribution < -0.4 is 5.32 Å². The Kier molecular flexibility index (Phi) is 4.96. The lowest BCUT2D eigenvalue weighted by atomic mass is 10.1. The highest BCUT2D eigenvalue weighted by atomic mass is 35.5. The second kappa shape index (κ2) is 7.71. The van der Waals surface area contributed by atoms with Gasteiger partial charge in [-0.25, -0.2) is 4.98 Å². The number of nitrogens with one attached hydrogen (secondary N) is 1. The Morgan fingerprint density at radius 2 is 1.86 bits per heavy atom. The topological polar surface area (TPSA) is 55.1 Å². The fourth-order valence-corrected chi connectivity index (χ4v) is 3.00. The number of hydrogen-bond acceptors (Lipinski definition) is 3. The summed E-state index contributed by atoms with van der Waals surface area (Å²) in [6.45, 7) is 2.02. The molecule has 1 aromatic heterocycles. The van der Waals surface area contributed by atoms with E-state index in [0.29, 0.717) is 27.7 Å². The third-order valence-corrected chi connectivity index (χ3v) is 4.59. The predicted octanol–water partition coefficient (Wildman–Crippen LogP) is 6.11. The van der Waals surface area contributed by atoms with Crippen LogP contribution in [0.1, 0.15) is 11.1 Å². The number of halogens is 1. The van der Waals surface area contributed by atoms with Crippen LogP contribution in [0.4, 0.5) is 5.69 Å². The van der Waals surface area contributed by atoms with Crippen molar-refractivity contribution in [1.82, 2.24) is 4.98 Å². The quantitative estimate of drug-likeness (QED) is 0.429. The molecule has 5 heteroatoms. The molecule has 0 atom stereocenters. The monoisotopic (exact) mass is 388 g/mol. The van der Waals surface area contributed by atoms with Crippen molar-refractivity contribution in [3.63, 3.8) is 0 Å². The lowest BCUT2D eigenvalue weighted by Gasteiger charge is -2.01. The van der Waals surface area contributed by atoms with E-state index in [4.69, 9.17) is 16.0 Å². The molecule has 0 unspecified atom stereocenters. The zero-order chi connectivity index (χ0) is 19.5. The minimum absolute atomic E-state index is 0.217. The molecular weight excluding hydrogens is 372 g/mol. The summed E-state index contributed by atoms with van der Waals surface area (Å²) >= 11 is 6.22. The van der Waals surface area contributed by atoms with Crippen molar-refractivity contribution in [2.75, 3.05) is 5.32 Å². The molecule has 0 saturated carbocycles. The van der Waals surface area contributed by atoms with E-state index < -0.39 is 0 Å². The third-order valence-electron chi connectivity index (χ3n) is 4.26. The summed E-state index contributed by atoms with van der Waals surface area (Å²) in [7, 11) is 0. The van der Waals surface area contributed by atoms with E-state index in [-0.39, 0.29) is 5.91 Å². The van der Waals surface area contributed by atoms with Gasteiger partial charge in [-0.3, -0.25) is 4.79 Å². The van der Waals surface area contributed by atoms with E-state index in [1.165, 1.54) is 11.6 Å². The highest BCUT2D eigenvalue weighted by Crippen LogP contribution is 2.30. The second-order valence-electron chi connectivity index (χ2n) is 6.41. The Bertz CT molecular complexity index is 1180. The molecule has 0 fully saturated rings. The molecule has 1 N–H and O–H groups in total. The number of rotatable bonds is 4. The van der Waals surface area contributed by atoms with Crippen molar-refractivity contribution in [3.05, 3.63) is 89.0 Å². The van der Waals surface area contributed by atoms with Crippen LogP contribution in [0.5, 0.6) is 0 Å². The van der Waals surface area contributed by atoms with Crippen LogP contribution in [0.3, 0.4) is 0 Å². The number of carbonyl (C=O) groups is 1. The van der Waals surface area contributed by atoms with Crippen molar-refractivity contribution in [2.45, 2.75) is 6.92 Å². The van der Waals surface area contributed by atoms with Gasteiger partial charge >= 0.3 is 0 Å². The lowest BCUT2D eigenvalue weighted by Crippen LogP contribution is -2.07. The van der Waals surface area contributed by atoms with Crippen molar-refractivity contribution in [3.8, 4) is 11.5 Å².